The van der Waals surface area contributed by atoms with Gasteiger partial charge in [-0.3, -0.25) is 10.1 Å². The summed E-state index contributed by atoms with van der Waals surface area (Å²) in [5.74, 6) is 0. The third-order valence-electron chi connectivity index (χ3n) is 3.43. The van der Waals surface area contributed by atoms with E-state index in [0.29, 0.717) is 6.07 Å². The lowest BCUT2D eigenvalue weighted by Crippen LogP contribution is -2.35. The summed E-state index contributed by atoms with van der Waals surface area (Å²) in [7, 11) is 0. The van der Waals surface area contributed by atoms with Gasteiger partial charge in [0.25, 0.3) is 5.69 Å². The fourth-order valence-electron chi connectivity index (χ4n) is 2.35. The summed E-state index contributed by atoms with van der Waals surface area (Å²) in [5, 5.41) is 13.8. The van der Waals surface area contributed by atoms with Crippen LogP contribution in [-0.4, -0.2) is 17.0 Å². The Morgan fingerprint density at radius 1 is 1.35 bits per heavy atom. The highest BCUT2D eigenvalue weighted by Crippen LogP contribution is 2.36. The highest BCUT2D eigenvalue weighted by atomic mass is 19.4. The second-order valence-electron chi connectivity index (χ2n) is 4.83. The van der Waals surface area contributed by atoms with E-state index in [1.807, 2.05) is 0 Å². The van der Waals surface area contributed by atoms with Crippen molar-refractivity contribution in [3.8, 4) is 0 Å². The van der Waals surface area contributed by atoms with Crippen molar-refractivity contribution < 1.29 is 18.1 Å². The lowest BCUT2D eigenvalue weighted by Gasteiger charge is -2.19. The van der Waals surface area contributed by atoms with E-state index < -0.39 is 22.4 Å². The fraction of sp³-hybridized carbons (Fsp3) is 0.500. The minimum Gasteiger partial charge on any atom is -0.375 e. The third-order valence-corrected chi connectivity index (χ3v) is 3.43. The van der Waals surface area contributed by atoms with Crippen LogP contribution >= 0.6 is 0 Å². The van der Waals surface area contributed by atoms with Crippen molar-refractivity contribution >= 4 is 11.4 Å². The van der Waals surface area contributed by atoms with Crippen LogP contribution in [-0.2, 0) is 6.18 Å². The van der Waals surface area contributed by atoms with Crippen LogP contribution in [0, 0.1) is 10.1 Å². The van der Waals surface area contributed by atoms with Gasteiger partial charge in [-0.25, -0.2) is 0 Å². The molecule has 2 atom stereocenters. The zero-order valence-electron chi connectivity index (χ0n) is 10.5. The standard InChI is InChI=1S/C12H14F3N3O2/c13-12(14,15)7-4-5-10(11(6-7)18(19)20)17-9-3-1-2-8(9)16/h4-6,8-9,17H,1-3,16H2. The number of nitro benzene ring substituents is 1. The summed E-state index contributed by atoms with van der Waals surface area (Å²) in [6, 6.07) is 2.17. The van der Waals surface area contributed by atoms with Gasteiger partial charge in [-0.2, -0.15) is 13.2 Å². The van der Waals surface area contributed by atoms with E-state index >= 15 is 0 Å². The van der Waals surface area contributed by atoms with Crippen LogP contribution < -0.4 is 11.1 Å². The maximum absolute atomic E-state index is 12.6. The summed E-state index contributed by atoms with van der Waals surface area (Å²) >= 11 is 0. The van der Waals surface area contributed by atoms with Crippen molar-refractivity contribution in [2.75, 3.05) is 5.32 Å². The molecule has 0 amide bonds. The maximum atomic E-state index is 12.6. The minimum absolute atomic E-state index is 0.0744. The predicted molar refractivity (Wildman–Crippen MR) is 67.3 cm³/mol. The molecule has 0 bridgehead atoms. The minimum atomic E-state index is -4.60. The molecule has 1 aliphatic carbocycles. The third kappa shape index (κ3) is 3.01. The number of alkyl halides is 3. The van der Waals surface area contributed by atoms with Crippen LogP contribution in [0.1, 0.15) is 24.8 Å². The number of benzene rings is 1. The van der Waals surface area contributed by atoms with E-state index in [-0.39, 0.29) is 17.8 Å². The van der Waals surface area contributed by atoms with Gasteiger partial charge in [0.1, 0.15) is 5.69 Å². The molecule has 0 aromatic heterocycles. The number of nitro groups is 1. The van der Waals surface area contributed by atoms with E-state index in [1.165, 1.54) is 0 Å². The Balaban J connectivity index is 2.31. The Bertz CT molecular complexity index is 519. The van der Waals surface area contributed by atoms with Crippen molar-refractivity contribution in [2.24, 2.45) is 5.73 Å². The molecule has 2 unspecified atom stereocenters. The molecule has 1 aliphatic rings. The van der Waals surface area contributed by atoms with E-state index in [1.54, 1.807) is 0 Å². The SMILES string of the molecule is NC1CCCC1Nc1ccc(C(F)(F)F)cc1[N+](=O)[O-]. The maximum Gasteiger partial charge on any atom is 0.416 e. The fourth-order valence-corrected chi connectivity index (χ4v) is 2.35. The first kappa shape index (κ1) is 14.6. The number of rotatable bonds is 3. The molecule has 2 rings (SSSR count). The van der Waals surface area contributed by atoms with Crippen molar-refractivity contribution in [2.45, 2.75) is 37.5 Å². The van der Waals surface area contributed by atoms with Crippen molar-refractivity contribution in [1.29, 1.82) is 0 Å². The Hall–Kier alpha value is -1.83. The number of hydrogen-bond acceptors (Lipinski definition) is 4. The summed E-state index contributed by atoms with van der Waals surface area (Å²) < 4.78 is 37.7. The predicted octanol–water partition coefficient (Wildman–Crippen LogP) is 2.91. The summed E-state index contributed by atoms with van der Waals surface area (Å²) in [4.78, 5) is 10.1. The molecule has 1 saturated carbocycles. The molecular formula is C12H14F3N3O2. The number of nitrogens with two attached hydrogens (primary N) is 1. The van der Waals surface area contributed by atoms with Crippen LogP contribution in [0.4, 0.5) is 24.5 Å². The van der Waals surface area contributed by atoms with E-state index in [0.717, 1.165) is 31.4 Å². The smallest absolute Gasteiger partial charge is 0.375 e. The number of hydrogen-bond donors (Lipinski definition) is 2. The Morgan fingerprint density at radius 3 is 2.55 bits per heavy atom. The van der Waals surface area contributed by atoms with Crippen molar-refractivity contribution in [3.63, 3.8) is 0 Å². The zero-order valence-corrected chi connectivity index (χ0v) is 10.5. The van der Waals surface area contributed by atoms with Gasteiger partial charge in [0.05, 0.1) is 10.5 Å². The van der Waals surface area contributed by atoms with Gasteiger partial charge in [0.15, 0.2) is 0 Å². The quantitative estimate of drug-likeness (QED) is 0.662. The summed E-state index contributed by atoms with van der Waals surface area (Å²) in [6.45, 7) is 0. The lowest BCUT2D eigenvalue weighted by atomic mass is 10.1. The number of nitrogens with zero attached hydrogens (tertiary/aromatic N) is 1. The van der Waals surface area contributed by atoms with Crippen LogP contribution in [0.2, 0.25) is 0 Å². The molecule has 8 heteroatoms. The molecule has 1 aromatic rings. The number of halogens is 3. The molecule has 0 radical (unpaired) electrons. The molecule has 5 nitrogen and oxygen atoms in total. The highest BCUT2D eigenvalue weighted by molar-refractivity contribution is 5.63. The van der Waals surface area contributed by atoms with Gasteiger partial charge in [0, 0.05) is 18.2 Å². The Kier molecular flexibility index (Phi) is 3.85. The molecule has 0 aliphatic heterocycles. The molecule has 0 spiro atoms. The van der Waals surface area contributed by atoms with Crippen LogP contribution in [0.25, 0.3) is 0 Å². The summed E-state index contributed by atoms with van der Waals surface area (Å²) in [5.41, 5.74) is 4.29. The van der Waals surface area contributed by atoms with Crippen LogP contribution in [0.3, 0.4) is 0 Å². The average Bonchev–Trinajstić information content (AvgIpc) is 2.74. The molecule has 110 valence electrons. The van der Waals surface area contributed by atoms with E-state index in [2.05, 4.69) is 5.32 Å². The van der Waals surface area contributed by atoms with Gasteiger partial charge in [0.2, 0.25) is 0 Å². The van der Waals surface area contributed by atoms with Crippen molar-refractivity contribution in [3.05, 3.63) is 33.9 Å². The van der Waals surface area contributed by atoms with Crippen LogP contribution in [0.5, 0.6) is 0 Å². The molecular weight excluding hydrogens is 275 g/mol. The second kappa shape index (κ2) is 5.28. The Morgan fingerprint density at radius 2 is 2.05 bits per heavy atom. The van der Waals surface area contributed by atoms with E-state index in [9.17, 15) is 23.3 Å². The Labute approximate surface area is 113 Å². The highest BCUT2D eigenvalue weighted by Gasteiger charge is 2.34. The first-order valence-electron chi connectivity index (χ1n) is 6.17. The molecule has 3 N–H and O–H groups in total. The average molecular weight is 289 g/mol. The molecule has 1 fully saturated rings. The van der Waals surface area contributed by atoms with E-state index in [4.69, 9.17) is 5.73 Å². The topological polar surface area (TPSA) is 81.2 Å². The van der Waals surface area contributed by atoms with Crippen molar-refractivity contribution in [1.82, 2.24) is 0 Å². The van der Waals surface area contributed by atoms with Gasteiger partial charge >= 0.3 is 6.18 Å². The molecule has 1 aromatic carbocycles. The molecule has 20 heavy (non-hydrogen) atoms. The van der Waals surface area contributed by atoms with Gasteiger partial charge in [-0.1, -0.05) is 0 Å². The normalized spacial score (nSPS) is 22.8. The van der Waals surface area contributed by atoms with Gasteiger partial charge in [-0.15, -0.1) is 0 Å². The van der Waals surface area contributed by atoms with Crippen LogP contribution in [0.15, 0.2) is 18.2 Å². The zero-order chi connectivity index (χ0) is 14.9. The second-order valence-corrected chi connectivity index (χ2v) is 4.83. The first-order valence-corrected chi connectivity index (χ1v) is 6.17. The first-order chi connectivity index (χ1) is 9.29. The largest absolute Gasteiger partial charge is 0.416 e. The molecule has 0 heterocycles. The number of nitrogens with one attached hydrogen (secondary N) is 1. The summed E-state index contributed by atoms with van der Waals surface area (Å²) in [6.07, 6.45) is -2.16. The number of anilines is 1. The van der Waals surface area contributed by atoms with Gasteiger partial charge < -0.3 is 11.1 Å². The molecule has 0 saturated heterocycles. The monoisotopic (exact) mass is 289 g/mol. The lowest BCUT2D eigenvalue weighted by molar-refractivity contribution is -0.384. The van der Waals surface area contributed by atoms with Gasteiger partial charge in [-0.05, 0) is 31.4 Å².